The molecule has 1 aliphatic rings. The Kier molecular flexibility index (Phi) is 3.90. The third kappa shape index (κ3) is 2.50. The first-order chi connectivity index (χ1) is 8.63. The lowest BCUT2D eigenvalue weighted by atomic mass is 9.73. The van der Waals surface area contributed by atoms with E-state index < -0.39 is 5.92 Å². The summed E-state index contributed by atoms with van der Waals surface area (Å²) in [5, 5.41) is 0. The maximum absolute atomic E-state index is 12.2. The van der Waals surface area contributed by atoms with Gasteiger partial charge in [-0.3, -0.25) is 14.6 Å². The molecule has 1 fully saturated rings. The largest absolute Gasteiger partial charge is 0.298 e. The molecule has 0 N–H and O–H groups in total. The number of Topliss-reactive ketones (excluding diaryl/α,β-unsaturated/α-hetero) is 2. The van der Waals surface area contributed by atoms with Crippen molar-refractivity contribution in [1.82, 2.24) is 4.98 Å². The minimum Gasteiger partial charge on any atom is -0.298 e. The van der Waals surface area contributed by atoms with Crippen molar-refractivity contribution in [1.29, 1.82) is 0 Å². The highest BCUT2D eigenvalue weighted by molar-refractivity contribution is 6.09. The van der Waals surface area contributed by atoms with Crippen LogP contribution in [-0.4, -0.2) is 16.6 Å². The van der Waals surface area contributed by atoms with Gasteiger partial charge in [-0.1, -0.05) is 26.3 Å². The minimum absolute atomic E-state index is 0.0373. The van der Waals surface area contributed by atoms with Crippen LogP contribution in [-0.2, 0) is 9.59 Å². The molecule has 0 amide bonds. The van der Waals surface area contributed by atoms with Crippen molar-refractivity contribution in [2.75, 3.05) is 0 Å². The lowest BCUT2D eigenvalue weighted by molar-refractivity contribution is -0.134. The molecule has 1 aromatic rings. The van der Waals surface area contributed by atoms with E-state index in [1.165, 1.54) is 0 Å². The van der Waals surface area contributed by atoms with E-state index in [1.807, 2.05) is 6.07 Å². The van der Waals surface area contributed by atoms with E-state index in [0.29, 0.717) is 24.5 Å². The standard InChI is InChI=1S/C15H19NO2/c1-3-10(2)11-8-13(17)15(14(18)9-11)12-6-4-5-7-16-12/h4-7,10-11,15H,3,8-9H2,1-2H3. The molecule has 1 atom stereocenters. The van der Waals surface area contributed by atoms with Crippen molar-refractivity contribution in [2.45, 2.75) is 39.0 Å². The number of nitrogens with zero attached hydrogens (tertiary/aromatic N) is 1. The monoisotopic (exact) mass is 245 g/mol. The van der Waals surface area contributed by atoms with Crippen molar-refractivity contribution < 1.29 is 9.59 Å². The van der Waals surface area contributed by atoms with E-state index in [4.69, 9.17) is 0 Å². The summed E-state index contributed by atoms with van der Waals surface area (Å²) in [4.78, 5) is 28.5. The molecule has 3 heteroatoms. The number of hydrogen-bond donors (Lipinski definition) is 0. The van der Waals surface area contributed by atoms with Gasteiger partial charge in [-0.15, -0.1) is 0 Å². The molecule has 18 heavy (non-hydrogen) atoms. The summed E-state index contributed by atoms with van der Waals surface area (Å²) in [5.41, 5.74) is 0.607. The fraction of sp³-hybridized carbons (Fsp3) is 0.533. The summed E-state index contributed by atoms with van der Waals surface area (Å²) in [5.74, 6) is 0.106. The minimum atomic E-state index is -0.619. The number of carbonyl (C=O) groups is 2. The van der Waals surface area contributed by atoms with Crippen LogP contribution in [0.15, 0.2) is 24.4 Å². The van der Waals surface area contributed by atoms with E-state index in [-0.39, 0.29) is 17.5 Å². The van der Waals surface area contributed by atoms with Crippen molar-refractivity contribution in [3.8, 4) is 0 Å². The van der Waals surface area contributed by atoms with Gasteiger partial charge in [0, 0.05) is 19.0 Å². The van der Waals surface area contributed by atoms with Gasteiger partial charge in [0.1, 0.15) is 17.5 Å². The highest BCUT2D eigenvalue weighted by Crippen LogP contribution is 2.34. The second kappa shape index (κ2) is 5.42. The van der Waals surface area contributed by atoms with Crippen LogP contribution in [0.25, 0.3) is 0 Å². The van der Waals surface area contributed by atoms with Gasteiger partial charge in [0.15, 0.2) is 0 Å². The molecule has 0 saturated heterocycles. The van der Waals surface area contributed by atoms with Crippen LogP contribution in [0.4, 0.5) is 0 Å². The predicted octanol–water partition coefficient (Wildman–Crippen LogP) is 2.76. The molecular formula is C15H19NO2. The molecule has 0 aliphatic heterocycles. The Morgan fingerprint density at radius 2 is 1.94 bits per heavy atom. The van der Waals surface area contributed by atoms with E-state index in [9.17, 15) is 9.59 Å². The normalized spacial score (nSPS) is 26.1. The van der Waals surface area contributed by atoms with Gasteiger partial charge in [-0.25, -0.2) is 0 Å². The number of aromatic nitrogens is 1. The van der Waals surface area contributed by atoms with Crippen LogP contribution in [0, 0.1) is 11.8 Å². The highest BCUT2D eigenvalue weighted by atomic mass is 16.2. The molecule has 1 aliphatic carbocycles. The molecule has 3 nitrogen and oxygen atoms in total. The molecule has 0 radical (unpaired) electrons. The van der Waals surface area contributed by atoms with Gasteiger partial charge in [-0.05, 0) is 24.0 Å². The van der Waals surface area contributed by atoms with Crippen molar-refractivity contribution >= 4 is 11.6 Å². The Morgan fingerprint density at radius 1 is 1.28 bits per heavy atom. The fourth-order valence-electron chi connectivity index (χ4n) is 2.62. The van der Waals surface area contributed by atoms with Crippen molar-refractivity contribution in [3.05, 3.63) is 30.1 Å². The molecule has 2 rings (SSSR count). The number of hydrogen-bond acceptors (Lipinski definition) is 3. The lowest BCUT2D eigenvalue weighted by Crippen LogP contribution is -2.34. The van der Waals surface area contributed by atoms with E-state index in [1.54, 1.807) is 18.3 Å². The summed E-state index contributed by atoms with van der Waals surface area (Å²) in [6.45, 7) is 4.22. The Balaban J connectivity index is 2.18. The molecule has 1 saturated carbocycles. The quantitative estimate of drug-likeness (QED) is 0.769. The molecule has 0 aromatic carbocycles. The third-order valence-electron chi connectivity index (χ3n) is 4.00. The molecule has 96 valence electrons. The Labute approximate surface area is 108 Å². The van der Waals surface area contributed by atoms with Gasteiger partial charge < -0.3 is 0 Å². The second-order valence-electron chi connectivity index (χ2n) is 5.17. The Morgan fingerprint density at radius 3 is 2.44 bits per heavy atom. The summed E-state index contributed by atoms with van der Waals surface area (Å²) in [6, 6.07) is 5.39. The molecule has 0 spiro atoms. The number of pyridine rings is 1. The van der Waals surface area contributed by atoms with Gasteiger partial charge in [0.05, 0.1) is 5.69 Å². The first-order valence-electron chi connectivity index (χ1n) is 6.59. The SMILES string of the molecule is CCC(C)C1CC(=O)C(c2ccccn2)C(=O)C1. The first kappa shape index (κ1) is 12.9. The zero-order chi connectivity index (χ0) is 13.1. The van der Waals surface area contributed by atoms with E-state index in [0.717, 1.165) is 6.42 Å². The van der Waals surface area contributed by atoms with Crippen LogP contribution < -0.4 is 0 Å². The van der Waals surface area contributed by atoms with Gasteiger partial charge in [-0.2, -0.15) is 0 Å². The van der Waals surface area contributed by atoms with Crippen LogP contribution in [0.2, 0.25) is 0 Å². The average molecular weight is 245 g/mol. The second-order valence-corrected chi connectivity index (χ2v) is 5.17. The van der Waals surface area contributed by atoms with Crippen LogP contribution in [0.5, 0.6) is 0 Å². The zero-order valence-electron chi connectivity index (χ0n) is 10.9. The smallest absolute Gasteiger partial charge is 0.149 e. The van der Waals surface area contributed by atoms with Crippen molar-refractivity contribution in [3.63, 3.8) is 0 Å². The molecule has 1 unspecified atom stereocenters. The fourth-order valence-corrected chi connectivity index (χ4v) is 2.62. The van der Waals surface area contributed by atoms with Crippen LogP contribution in [0.1, 0.15) is 44.7 Å². The maximum atomic E-state index is 12.2. The third-order valence-corrected chi connectivity index (χ3v) is 4.00. The topological polar surface area (TPSA) is 47.0 Å². The first-order valence-corrected chi connectivity index (χ1v) is 6.59. The summed E-state index contributed by atoms with van der Waals surface area (Å²) < 4.78 is 0. The number of carbonyl (C=O) groups excluding carboxylic acids is 2. The summed E-state index contributed by atoms with van der Waals surface area (Å²) >= 11 is 0. The maximum Gasteiger partial charge on any atom is 0.149 e. The predicted molar refractivity (Wildman–Crippen MR) is 69.2 cm³/mol. The highest BCUT2D eigenvalue weighted by Gasteiger charge is 2.38. The molecular weight excluding hydrogens is 226 g/mol. The molecule has 1 heterocycles. The van der Waals surface area contributed by atoms with Crippen LogP contribution in [0.3, 0.4) is 0 Å². The zero-order valence-corrected chi connectivity index (χ0v) is 10.9. The molecule has 1 aromatic heterocycles. The van der Waals surface area contributed by atoms with Gasteiger partial charge in [0.2, 0.25) is 0 Å². The number of rotatable bonds is 3. The lowest BCUT2D eigenvalue weighted by Gasteiger charge is -2.29. The van der Waals surface area contributed by atoms with Gasteiger partial charge >= 0.3 is 0 Å². The Hall–Kier alpha value is -1.51. The van der Waals surface area contributed by atoms with Crippen molar-refractivity contribution in [2.24, 2.45) is 11.8 Å². The van der Waals surface area contributed by atoms with Crippen LogP contribution >= 0.6 is 0 Å². The number of ketones is 2. The van der Waals surface area contributed by atoms with E-state index >= 15 is 0 Å². The summed E-state index contributed by atoms with van der Waals surface area (Å²) in [6.07, 6.45) is 3.68. The molecule has 0 bridgehead atoms. The Bertz CT molecular complexity index is 423. The summed E-state index contributed by atoms with van der Waals surface area (Å²) in [7, 11) is 0. The average Bonchev–Trinajstić information content (AvgIpc) is 2.38. The van der Waals surface area contributed by atoms with E-state index in [2.05, 4.69) is 18.8 Å². The van der Waals surface area contributed by atoms with Gasteiger partial charge in [0.25, 0.3) is 0 Å².